The third-order valence-corrected chi connectivity index (χ3v) is 3.58. The van der Waals surface area contributed by atoms with Gasteiger partial charge in [0.1, 0.15) is 0 Å². The molecule has 0 radical (unpaired) electrons. The number of amidine groups is 1. The van der Waals surface area contributed by atoms with Gasteiger partial charge in [-0.1, -0.05) is 11.6 Å². The molecule has 1 aromatic carbocycles. The van der Waals surface area contributed by atoms with Crippen LogP contribution in [-0.4, -0.2) is 45.6 Å². The summed E-state index contributed by atoms with van der Waals surface area (Å²) in [7, 11) is 4.01. The van der Waals surface area contributed by atoms with E-state index in [0.717, 1.165) is 31.2 Å². The van der Waals surface area contributed by atoms with Crippen molar-refractivity contribution in [3.63, 3.8) is 0 Å². The summed E-state index contributed by atoms with van der Waals surface area (Å²) in [5.41, 5.74) is 4.21. The fourth-order valence-corrected chi connectivity index (χ4v) is 2.12. The smallest absolute Gasteiger partial charge is 0.423 e. The van der Waals surface area contributed by atoms with Crippen LogP contribution in [0.2, 0.25) is 5.02 Å². The van der Waals surface area contributed by atoms with Crippen molar-refractivity contribution >= 4 is 29.1 Å². The van der Waals surface area contributed by atoms with Gasteiger partial charge in [-0.3, -0.25) is 4.99 Å². The summed E-state index contributed by atoms with van der Waals surface area (Å²) < 4.78 is 43.4. The molecule has 0 saturated carbocycles. The Morgan fingerprint density at radius 2 is 2.04 bits per heavy atom. The first-order valence-corrected chi connectivity index (χ1v) is 8.48. The van der Waals surface area contributed by atoms with Gasteiger partial charge >= 0.3 is 18.0 Å². The Hall–Kier alpha value is -2.00. The molecule has 1 rings (SSSR count). The Balaban J connectivity index is 2.85. The third-order valence-electron chi connectivity index (χ3n) is 3.25. The summed E-state index contributed by atoms with van der Waals surface area (Å²) in [6.45, 7) is 3.19. The quantitative estimate of drug-likeness (QED) is 0.170. The lowest BCUT2D eigenvalue weighted by molar-refractivity contribution is -0.859. The van der Waals surface area contributed by atoms with Crippen LogP contribution < -0.4 is 20.7 Å². The topological polar surface area (TPSA) is 68.8 Å². The van der Waals surface area contributed by atoms with Crippen LogP contribution in [0.15, 0.2) is 18.2 Å². The van der Waals surface area contributed by atoms with Gasteiger partial charge in [-0.15, -0.1) is 0 Å². The summed E-state index contributed by atoms with van der Waals surface area (Å²) in [4.78, 5) is 16.1. The second-order valence-electron chi connectivity index (χ2n) is 5.78. The van der Waals surface area contributed by atoms with Crippen molar-refractivity contribution in [2.45, 2.75) is 19.5 Å². The lowest BCUT2D eigenvalue weighted by atomic mass is 10.2. The number of carbonyl (C=O) groups excluding carboxylic acids is 1. The zero-order valence-corrected chi connectivity index (χ0v) is 15.6. The molecule has 6 nitrogen and oxygen atoms in total. The molecule has 0 unspecified atom stereocenters. The van der Waals surface area contributed by atoms with Gasteiger partial charge < -0.3 is 9.64 Å². The van der Waals surface area contributed by atoms with Crippen LogP contribution in [0.3, 0.4) is 0 Å². The average Bonchev–Trinajstić information content (AvgIpc) is 2.54. The van der Waals surface area contributed by atoms with Crippen molar-refractivity contribution in [3.8, 4) is 0 Å². The van der Waals surface area contributed by atoms with Gasteiger partial charge in [0.25, 0.3) is 0 Å². The third kappa shape index (κ3) is 7.49. The van der Waals surface area contributed by atoms with Gasteiger partial charge in [0.2, 0.25) is 0 Å². The number of halogens is 4. The largest absolute Gasteiger partial charge is 0.457 e. The molecular weight excluding hydrogens is 373 g/mol. The summed E-state index contributed by atoms with van der Waals surface area (Å²) in [6, 6.07) is 2.87. The highest BCUT2D eigenvalue weighted by atomic mass is 35.5. The Morgan fingerprint density at radius 1 is 1.35 bits per heavy atom. The number of esters is 1. The summed E-state index contributed by atoms with van der Waals surface area (Å²) in [6.07, 6.45) is -3.71. The SMILES string of the molecule is CCOC(=O)C(NNc1cc(C(F)(F)F)ccc1Cl)=[NH+]CCC[NH+](C)C. The van der Waals surface area contributed by atoms with Gasteiger partial charge in [0.05, 0.1) is 50.1 Å². The van der Waals surface area contributed by atoms with E-state index < -0.39 is 17.7 Å². The van der Waals surface area contributed by atoms with Crippen molar-refractivity contribution in [2.24, 2.45) is 0 Å². The summed E-state index contributed by atoms with van der Waals surface area (Å²) in [5, 5.41) is 0.0740. The molecule has 0 heterocycles. The average molecular weight is 397 g/mol. The Morgan fingerprint density at radius 3 is 2.62 bits per heavy atom. The van der Waals surface area contributed by atoms with Crippen LogP contribution in [0.4, 0.5) is 18.9 Å². The standard InChI is InChI=1S/C16H22ClF3N4O2/c1-4-26-15(25)14(21-8-5-9-24(2)3)23-22-13-10-11(16(18,19)20)6-7-12(13)17/h6-7,10,22H,4-5,8-9H2,1-3H3,(H,21,23)/p+2. The second kappa shape index (κ2) is 10.2. The van der Waals surface area contributed by atoms with Crippen molar-refractivity contribution in [1.82, 2.24) is 5.43 Å². The highest BCUT2D eigenvalue weighted by molar-refractivity contribution is 6.34. The highest BCUT2D eigenvalue weighted by Crippen LogP contribution is 2.33. The maximum absolute atomic E-state index is 12.8. The number of hydrazine groups is 1. The summed E-state index contributed by atoms with van der Waals surface area (Å²) >= 11 is 5.91. The van der Waals surface area contributed by atoms with Crippen LogP contribution in [-0.2, 0) is 15.7 Å². The van der Waals surface area contributed by atoms with Crippen LogP contribution in [0.5, 0.6) is 0 Å². The maximum Gasteiger partial charge on any atom is 0.423 e. The first kappa shape index (κ1) is 22.0. The molecule has 0 aromatic heterocycles. The monoisotopic (exact) mass is 396 g/mol. The van der Waals surface area contributed by atoms with E-state index in [0.29, 0.717) is 6.54 Å². The van der Waals surface area contributed by atoms with Crippen molar-refractivity contribution in [3.05, 3.63) is 28.8 Å². The van der Waals surface area contributed by atoms with Gasteiger partial charge in [-0.05, 0) is 25.1 Å². The Kier molecular flexibility index (Phi) is 8.67. The molecule has 0 atom stereocenters. The van der Waals surface area contributed by atoms with Gasteiger partial charge in [0, 0.05) is 6.42 Å². The van der Waals surface area contributed by atoms with Crippen LogP contribution >= 0.6 is 11.6 Å². The first-order valence-electron chi connectivity index (χ1n) is 8.11. The van der Waals surface area contributed by atoms with E-state index in [-0.39, 0.29) is 23.2 Å². The molecule has 10 heteroatoms. The van der Waals surface area contributed by atoms with Gasteiger partial charge in [-0.2, -0.15) is 18.6 Å². The number of quaternary nitrogens is 1. The molecule has 0 fully saturated rings. The molecule has 0 bridgehead atoms. The maximum atomic E-state index is 12.8. The zero-order chi connectivity index (χ0) is 19.7. The summed E-state index contributed by atoms with van der Waals surface area (Å²) in [5.74, 6) is -0.658. The van der Waals surface area contributed by atoms with E-state index >= 15 is 0 Å². The number of nitrogens with one attached hydrogen (secondary N) is 4. The van der Waals surface area contributed by atoms with Crippen molar-refractivity contribution in [2.75, 3.05) is 39.2 Å². The Bertz CT molecular complexity index is 636. The predicted octanol–water partition coefficient (Wildman–Crippen LogP) is -0.148. The molecule has 0 spiro atoms. The number of rotatable bonds is 7. The Labute approximate surface area is 155 Å². The van der Waals surface area contributed by atoms with E-state index in [4.69, 9.17) is 16.3 Å². The minimum Gasteiger partial charge on any atom is -0.457 e. The molecule has 146 valence electrons. The van der Waals surface area contributed by atoms with Gasteiger partial charge in [0.15, 0.2) is 0 Å². The van der Waals surface area contributed by atoms with E-state index in [1.54, 1.807) is 6.92 Å². The van der Waals surface area contributed by atoms with Crippen LogP contribution in [0.25, 0.3) is 0 Å². The highest BCUT2D eigenvalue weighted by Gasteiger charge is 2.31. The van der Waals surface area contributed by atoms with Crippen LogP contribution in [0, 0.1) is 0 Å². The minimum atomic E-state index is -4.50. The van der Waals surface area contributed by atoms with Crippen LogP contribution in [0.1, 0.15) is 18.9 Å². The van der Waals surface area contributed by atoms with E-state index in [1.165, 1.54) is 4.90 Å². The van der Waals surface area contributed by atoms with Gasteiger partial charge in [-0.25, -0.2) is 10.2 Å². The minimum absolute atomic E-state index is 0.00548. The number of alkyl halides is 3. The number of carbonyl (C=O) groups is 1. The zero-order valence-electron chi connectivity index (χ0n) is 14.9. The second-order valence-corrected chi connectivity index (χ2v) is 6.18. The molecule has 0 aliphatic heterocycles. The molecule has 0 saturated heterocycles. The molecular formula is C16H24ClF3N4O2+2. The van der Waals surface area contributed by atoms with Crippen molar-refractivity contribution in [1.29, 1.82) is 0 Å². The molecule has 0 aliphatic rings. The number of benzene rings is 1. The fourth-order valence-electron chi connectivity index (χ4n) is 1.95. The van der Waals surface area contributed by atoms with E-state index in [9.17, 15) is 18.0 Å². The van der Waals surface area contributed by atoms with E-state index in [1.807, 2.05) is 14.1 Å². The molecule has 4 N–H and O–H groups in total. The molecule has 26 heavy (non-hydrogen) atoms. The number of ether oxygens (including phenoxy) is 1. The lowest BCUT2D eigenvalue weighted by Gasteiger charge is -2.11. The molecule has 1 aromatic rings. The first-order chi connectivity index (χ1) is 12.1. The lowest BCUT2D eigenvalue weighted by Crippen LogP contribution is -3.06. The normalized spacial score (nSPS) is 12.2. The molecule has 0 amide bonds. The number of anilines is 1. The van der Waals surface area contributed by atoms with Crippen molar-refractivity contribution < 1.29 is 32.6 Å². The number of hydrogen-bond donors (Lipinski definition) is 4. The fraction of sp³-hybridized carbons (Fsp3) is 0.500. The molecule has 0 aliphatic carbocycles. The van der Waals surface area contributed by atoms with E-state index in [2.05, 4.69) is 15.8 Å². The number of hydrogen-bond acceptors (Lipinski definition) is 3. The predicted molar refractivity (Wildman–Crippen MR) is 93.0 cm³/mol.